The lowest BCUT2D eigenvalue weighted by Crippen LogP contribution is -2.46. The van der Waals surface area contributed by atoms with Crippen LogP contribution >= 0.6 is 0 Å². The molecule has 0 spiro atoms. The molecule has 1 fully saturated rings. The Hall–Kier alpha value is -6.02. The quantitative estimate of drug-likeness (QED) is 0.170. The first-order valence-corrected chi connectivity index (χ1v) is 15.6. The summed E-state index contributed by atoms with van der Waals surface area (Å²) in [6, 6.07) is 18.6. The number of para-hydroxylation sites is 1. The Morgan fingerprint density at radius 3 is 2.46 bits per heavy atom. The number of nitrogens with one attached hydrogen (secondary N) is 2. The molecule has 14 heteroatoms. The highest BCUT2D eigenvalue weighted by Gasteiger charge is 2.23. The number of carbonyl (C=O) groups is 1. The summed E-state index contributed by atoms with van der Waals surface area (Å²) in [5, 5.41) is 14.1. The van der Waals surface area contributed by atoms with Gasteiger partial charge in [0.1, 0.15) is 11.0 Å². The lowest BCUT2D eigenvalue weighted by molar-refractivity contribution is 0.0737. The van der Waals surface area contributed by atoms with Gasteiger partial charge in [-0.25, -0.2) is 24.3 Å². The number of nitrogens with two attached hydrogens (primary N) is 1. The van der Waals surface area contributed by atoms with Crippen LogP contribution in [0.15, 0.2) is 84.3 Å². The monoisotopic (exact) mass is 645 g/mol. The van der Waals surface area contributed by atoms with Gasteiger partial charge in [0.05, 0.1) is 28.8 Å². The summed E-state index contributed by atoms with van der Waals surface area (Å²) >= 11 is 0. The van der Waals surface area contributed by atoms with Crippen molar-refractivity contribution in [1.29, 1.82) is 0 Å². The third-order valence-corrected chi connectivity index (χ3v) is 8.39. The summed E-state index contributed by atoms with van der Waals surface area (Å²) in [6.45, 7) is 10.4. The third-order valence-electron chi connectivity index (χ3n) is 8.39. The van der Waals surface area contributed by atoms with Gasteiger partial charge in [-0.3, -0.25) is 9.59 Å². The zero-order chi connectivity index (χ0) is 33.6. The molecule has 0 aliphatic carbocycles. The van der Waals surface area contributed by atoms with Crippen LogP contribution in [-0.4, -0.2) is 71.5 Å². The van der Waals surface area contributed by atoms with E-state index in [1.165, 1.54) is 10.9 Å². The maximum atomic E-state index is 13.3. The number of imidazole rings is 1. The maximum Gasteiger partial charge on any atom is 0.278 e. The van der Waals surface area contributed by atoms with Gasteiger partial charge < -0.3 is 30.9 Å². The molecular formula is C34H35N11O3. The molecule has 2 aromatic carbocycles. The first kappa shape index (κ1) is 30.6. The van der Waals surface area contributed by atoms with Crippen LogP contribution in [0, 0.1) is 0 Å². The number of nitrogens with zero attached hydrogens (tertiary/aromatic N) is 8. The number of allylic oxidation sites excluding steroid dienone is 1. The van der Waals surface area contributed by atoms with Gasteiger partial charge in [-0.15, -0.1) is 6.58 Å². The lowest BCUT2D eigenvalue weighted by Gasteiger charge is -2.36. The fraction of sp³-hybridized carbons (Fsp3) is 0.235. The molecule has 5 heterocycles. The molecule has 6 aromatic rings. The summed E-state index contributed by atoms with van der Waals surface area (Å²) in [5.41, 5.74) is 8.59. The Morgan fingerprint density at radius 2 is 1.75 bits per heavy atom. The number of aromatic nitrogens is 7. The average molecular weight is 646 g/mol. The molecule has 5 N–H and O–H groups in total. The Bertz CT molecular complexity index is 2220. The van der Waals surface area contributed by atoms with E-state index in [9.17, 15) is 14.7 Å². The molecule has 4 aromatic heterocycles. The Balaban J connectivity index is 1.08. The molecule has 1 amide bonds. The van der Waals surface area contributed by atoms with Crippen LogP contribution in [0.25, 0.3) is 27.9 Å². The smallest absolute Gasteiger partial charge is 0.278 e. The lowest BCUT2D eigenvalue weighted by atomic mass is 10.1. The van der Waals surface area contributed by atoms with Gasteiger partial charge in [0.2, 0.25) is 11.9 Å². The largest absolute Gasteiger partial charge is 0.384 e. The summed E-state index contributed by atoms with van der Waals surface area (Å²) < 4.78 is 3.12. The number of fused-ring (bicyclic) bond motifs is 2. The van der Waals surface area contributed by atoms with Crippen molar-refractivity contribution in [2.75, 3.05) is 41.3 Å². The van der Waals surface area contributed by atoms with Crippen molar-refractivity contribution in [2.24, 2.45) is 5.73 Å². The number of piperazine rings is 1. The number of aliphatic hydroxyl groups is 1. The van der Waals surface area contributed by atoms with Crippen LogP contribution in [0.1, 0.15) is 29.9 Å². The average Bonchev–Trinajstić information content (AvgIpc) is 3.64. The zero-order valence-electron chi connectivity index (χ0n) is 26.6. The number of primary amides is 1. The topological polar surface area (TPSA) is 176 Å². The maximum absolute atomic E-state index is 13.3. The highest BCUT2D eigenvalue weighted by atomic mass is 16.3. The van der Waals surface area contributed by atoms with E-state index in [4.69, 9.17) is 10.7 Å². The van der Waals surface area contributed by atoms with Gasteiger partial charge in [0.15, 0.2) is 11.5 Å². The number of hydrogen-bond acceptors (Lipinski definition) is 10. The second-order valence-electron chi connectivity index (χ2n) is 12.1. The van der Waals surface area contributed by atoms with E-state index in [2.05, 4.69) is 41.6 Å². The number of amides is 1. The normalized spacial score (nSPS) is 13.7. The van der Waals surface area contributed by atoms with Crippen LogP contribution in [0.5, 0.6) is 0 Å². The van der Waals surface area contributed by atoms with E-state index in [0.717, 1.165) is 43.5 Å². The SMILES string of the molecule is C=CCn1c(=O)c2cnc(Nc3ccc(N4CCN(c5nc6cccc(C(N)=O)c6[nH]5)CC4)cc3)nc2n1-c1cccc(C(C)(C)O)n1. The number of rotatable bonds is 9. The van der Waals surface area contributed by atoms with Crippen LogP contribution in [0.2, 0.25) is 0 Å². The van der Waals surface area contributed by atoms with Crippen molar-refractivity contribution in [2.45, 2.75) is 26.0 Å². The number of carbonyl (C=O) groups excluding carboxylic acids is 1. The van der Waals surface area contributed by atoms with Crippen LogP contribution < -0.4 is 26.4 Å². The minimum absolute atomic E-state index is 0.233. The predicted molar refractivity (Wildman–Crippen MR) is 185 cm³/mol. The van der Waals surface area contributed by atoms with E-state index in [1.807, 2.05) is 30.3 Å². The summed E-state index contributed by atoms with van der Waals surface area (Å²) in [6.07, 6.45) is 3.14. The number of H-pyrrole nitrogens is 1. The number of hydrogen-bond donors (Lipinski definition) is 4. The van der Waals surface area contributed by atoms with E-state index in [0.29, 0.717) is 45.1 Å². The fourth-order valence-electron chi connectivity index (χ4n) is 5.93. The molecule has 0 bridgehead atoms. The second-order valence-corrected chi connectivity index (χ2v) is 12.1. The number of aromatic amines is 1. The first-order chi connectivity index (χ1) is 23.1. The molecule has 0 radical (unpaired) electrons. The highest BCUT2D eigenvalue weighted by Crippen LogP contribution is 2.26. The predicted octanol–water partition coefficient (Wildman–Crippen LogP) is 3.44. The Labute approximate surface area is 275 Å². The highest BCUT2D eigenvalue weighted by molar-refractivity contribution is 6.04. The molecule has 48 heavy (non-hydrogen) atoms. The molecule has 1 aliphatic rings. The third kappa shape index (κ3) is 5.62. The molecule has 0 saturated carbocycles. The van der Waals surface area contributed by atoms with Crippen molar-refractivity contribution < 1.29 is 9.90 Å². The van der Waals surface area contributed by atoms with Crippen molar-refractivity contribution >= 4 is 51.2 Å². The van der Waals surface area contributed by atoms with Gasteiger partial charge in [0, 0.05) is 43.8 Å². The van der Waals surface area contributed by atoms with Gasteiger partial charge in [0.25, 0.3) is 11.5 Å². The minimum atomic E-state index is -1.17. The van der Waals surface area contributed by atoms with Crippen molar-refractivity contribution in [3.63, 3.8) is 0 Å². The summed E-state index contributed by atoms with van der Waals surface area (Å²) in [5.74, 6) is 0.992. The molecule has 244 valence electrons. The summed E-state index contributed by atoms with van der Waals surface area (Å²) in [7, 11) is 0. The Kier molecular flexibility index (Phi) is 7.64. The van der Waals surface area contributed by atoms with E-state index in [1.54, 1.807) is 54.9 Å². The minimum Gasteiger partial charge on any atom is -0.384 e. The van der Waals surface area contributed by atoms with Gasteiger partial charge in [-0.1, -0.05) is 18.2 Å². The molecule has 1 saturated heterocycles. The Morgan fingerprint density at radius 1 is 1.02 bits per heavy atom. The molecule has 1 aliphatic heterocycles. The second kappa shape index (κ2) is 12.0. The molecular weight excluding hydrogens is 610 g/mol. The van der Waals surface area contributed by atoms with Crippen LogP contribution in [0.4, 0.5) is 23.3 Å². The fourth-order valence-corrected chi connectivity index (χ4v) is 5.93. The van der Waals surface area contributed by atoms with E-state index >= 15 is 0 Å². The van der Waals surface area contributed by atoms with Crippen molar-refractivity contribution in [3.05, 3.63) is 101 Å². The zero-order valence-corrected chi connectivity index (χ0v) is 26.6. The van der Waals surface area contributed by atoms with Crippen LogP contribution in [0.3, 0.4) is 0 Å². The number of pyridine rings is 1. The number of anilines is 4. The molecule has 0 atom stereocenters. The van der Waals surface area contributed by atoms with Crippen molar-refractivity contribution in [3.8, 4) is 5.82 Å². The number of benzene rings is 2. The first-order valence-electron chi connectivity index (χ1n) is 15.6. The standard InChI is InChI=1S/C34H35N11O3/c1-4-15-44-31(47)24-20-36-32(41-30(24)45(44)27-10-6-9-26(39-27)34(2,3)48)37-21-11-13-22(14-12-21)42-16-18-43(19-17-42)33-38-25-8-5-7-23(29(35)46)28(25)40-33/h4-14,20,48H,1,15-19H2,2-3H3,(H2,35,46)(H,38,40)(H,36,37,41). The molecule has 14 nitrogen and oxygen atoms in total. The van der Waals surface area contributed by atoms with Crippen LogP contribution in [-0.2, 0) is 12.1 Å². The van der Waals surface area contributed by atoms with E-state index in [-0.39, 0.29) is 12.1 Å². The molecule has 7 rings (SSSR count). The summed E-state index contributed by atoms with van der Waals surface area (Å²) in [4.78, 5) is 51.4. The van der Waals surface area contributed by atoms with Crippen molar-refractivity contribution in [1.82, 2.24) is 34.3 Å². The van der Waals surface area contributed by atoms with Gasteiger partial charge >= 0.3 is 0 Å². The van der Waals surface area contributed by atoms with E-state index < -0.39 is 11.5 Å². The molecule has 0 unspecified atom stereocenters. The van der Waals surface area contributed by atoms with Gasteiger partial charge in [-0.2, -0.15) is 4.98 Å². The van der Waals surface area contributed by atoms with Gasteiger partial charge in [-0.05, 0) is 62.4 Å².